The van der Waals surface area contributed by atoms with E-state index in [1.54, 1.807) is 13.0 Å². The van der Waals surface area contributed by atoms with Gasteiger partial charge in [0, 0.05) is 25.3 Å². The third kappa shape index (κ3) is 4.46. The third-order valence-corrected chi connectivity index (χ3v) is 5.13. The highest BCUT2D eigenvalue weighted by molar-refractivity contribution is 7.89. The van der Waals surface area contributed by atoms with E-state index in [1.807, 2.05) is 0 Å². The lowest BCUT2D eigenvalue weighted by Gasteiger charge is -2.12. The first kappa shape index (κ1) is 18.7. The zero-order chi connectivity index (χ0) is 18.6. The van der Waals surface area contributed by atoms with Crippen LogP contribution >= 0.6 is 0 Å². The molecule has 2 aromatic rings. The third-order valence-electron chi connectivity index (χ3n) is 3.30. The smallest absolute Gasteiger partial charge is 0.375 e. The van der Waals surface area contributed by atoms with Crippen molar-refractivity contribution in [2.75, 3.05) is 26.0 Å². The minimum absolute atomic E-state index is 0.0473. The average molecular weight is 366 g/mol. The lowest BCUT2D eigenvalue weighted by Crippen LogP contribution is -2.22. The number of nitrogens with one attached hydrogen (secondary N) is 1. The summed E-state index contributed by atoms with van der Waals surface area (Å²) < 4.78 is 34.8. The lowest BCUT2D eigenvalue weighted by atomic mass is 10.3. The predicted octanol–water partition coefficient (Wildman–Crippen LogP) is 1.63. The Morgan fingerprint density at radius 3 is 2.32 bits per heavy atom. The van der Waals surface area contributed by atoms with Crippen LogP contribution in [0.2, 0.25) is 0 Å². The van der Waals surface area contributed by atoms with Gasteiger partial charge < -0.3 is 14.5 Å². The minimum atomic E-state index is -3.53. The molecule has 134 valence electrons. The predicted molar refractivity (Wildman–Crippen MR) is 89.7 cm³/mol. The monoisotopic (exact) mass is 366 g/mol. The van der Waals surface area contributed by atoms with E-state index in [0.717, 1.165) is 4.31 Å². The second-order valence-corrected chi connectivity index (χ2v) is 7.52. The van der Waals surface area contributed by atoms with Gasteiger partial charge in [-0.3, -0.25) is 4.79 Å². The molecule has 0 saturated carbocycles. The zero-order valence-corrected chi connectivity index (χ0v) is 14.8. The van der Waals surface area contributed by atoms with Crippen molar-refractivity contribution in [3.05, 3.63) is 47.9 Å². The first-order chi connectivity index (χ1) is 11.7. The van der Waals surface area contributed by atoms with Gasteiger partial charge in [-0.05, 0) is 37.3 Å². The summed E-state index contributed by atoms with van der Waals surface area (Å²) in [5, 5.41) is 2.51. The van der Waals surface area contributed by atoms with E-state index in [0.29, 0.717) is 11.3 Å². The van der Waals surface area contributed by atoms with Crippen molar-refractivity contribution in [2.45, 2.75) is 11.8 Å². The van der Waals surface area contributed by atoms with E-state index >= 15 is 0 Å². The molecule has 0 bridgehead atoms. The van der Waals surface area contributed by atoms with E-state index < -0.39 is 28.5 Å². The Kier molecular flexibility index (Phi) is 5.60. The molecule has 0 spiro atoms. The molecule has 9 heteroatoms. The molecule has 0 saturated heterocycles. The number of amides is 1. The number of nitrogens with zero attached hydrogens (tertiary/aromatic N) is 1. The molecular formula is C16H18N2O6S. The number of esters is 1. The van der Waals surface area contributed by atoms with Crippen LogP contribution in [0.5, 0.6) is 0 Å². The summed E-state index contributed by atoms with van der Waals surface area (Å²) in [7, 11) is -0.671. The van der Waals surface area contributed by atoms with Gasteiger partial charge in [-0.15, -0.1) is 0 Å². The van der Waals surface area contributed by atoms with E-state index in [1.165, 1.54) is 44.6 Å². The quantitative estimate of drug-likeness (QED) is 0.779. The molecule has 0 aliphatic carbocycles. The van der Waals surface area contributed by atoms with Crippen molar-refractivity contribution in [1.29, 1.82) is 0 Å². The number of rotatable bonds is 6. The molecule has 0 atom stereocenters. The van der Waals surface area contributed by atoms with Crippen LogP contribution in [-0.2, 0) is 19.6 Å². The molecule has 0 aliphatic heterocycles. The summed E-state index contributed by atoms with van der Waals surface area (Å²) in [5.41, 5.74) is 0.996. The highest BCUT2D eigenvalue weighted by Crippen LogP contribution is 2.16. The number of carbonyl (C=O) groups excluding carboxylic acids is 2. The molecule has 25 heavy (non-hydrogen) atoms. The van der Waals surface area contributed by atoms with Gasteiger partial charge >= 0.3 is 5.97 Å². The molecule has 2 rings (SSSR count). The molecule has 0 unspecified atom stereocenters. The first-order valence-electron chi connectivity index (χ1n) is 7.25. The van der Waals surface area contributed by atoms with E-state index in [9.17, 15) is 18.0 Å². The number of benzene rings is 1. The Hall–Kier alpha value is -2.65. The van der Waals surface area contributed by atoms with Crippen LogP contribution in [0.15, 0.2) is 45.9 Å². The standard InChI is InChI=1S/C16H18N2O6S/c1-11-8-9-23-15(11)16(20)24-10-14(19)17-12-4-6-13(7-5-12)25(21,22)18(2)3/h4-9H,10H2,1-3H3,(H,17,19). The first-order valence-corrected chi connectivity index (χ1v) is 8.69. The number of aryl methyl sites for hydroxylation is 1. The summed E-state index contributed by atoms with van der Waals surface area (Å²) in [5.74, 6) is -1.24. The largest absolute Gasteiger partial charge is 0.457 e. The highest BCUT2D eigenvalue weighted by Gasteiger charge is 2.18. The Balaban J connectivity index is 1.93. The van der Waals surface area contributed by atoms with Crippen LogP contribution in [0.1, 0.15) is 16.1 Å². The van der Waals surface area contributed by atoms with Gasteiger partial charge in [0.15, 0.2) is 6.61 Å². The van der Waals surface area contributed by atoms with Crippen LogP contribution in [0.25, 0.3) is 0 Å². The number of carbonyl (C=O) groups is 2. The van der Waals surface area contributed by atoms with Crippen molar-refractivity contribution < 1.29 is 27.2 Å². The molecule has 0 aliphatic rings. The van der Waals surface area contributed by atoms with Gasteiger partial charge in [0.25, 0.3) is 5.91 Å². The fraction of sp³-hybridized carbons (Fsp3) is 0.250. The van der Waals surface area contributed by atoms with Crippen LogP contribution < -0.4 is 5.32 Å². The molecular weight excluding hydrogens is 348 g/mol. The molecule has 8 nitrogen and oxygen atoms in total. The molecule has 1 N–H and O–H groups in total. The van der Waals surface area contributed by atoms with Crippen LogP contribution in [0.4, 0.5) is 5.69 Å². The summed E-state index contributed by atoms with van der Waals surface area (Å²) in [6.07, 6.45) is 1.36. The second-order valence-electron chi connectivity index (χ2n) is 5.37. The summed E-state index contributed by atoms with van der Waals surface area (Å²) in [6.45, 7) is 1.19. The van der Waals surface area contributed by atoms with Gasteiger partial charge in [0.05, 0.1) is 11.2 Å². The fourth-order valence-electron chi connectivity index (χ4n) is 1.90. The van der Waals surface area contributed by atoms with Gasteiger partial charge in [-0.2, -0.15) is 0 Å². The Morgan fingerprint density at radius 1 is 1.16 bits per heavy atom. The molecule has 1 aromatic heterocycles. The van der Waals surface area contributed by atoms with Crippen molar-refractivity contribution in [2.24, 2.45) is 0 Å². The number of hydrogen-bond acceptors (Lipinski definition) is 6. The van der Waals surface area contributed by atoms with Crippen LogP contribution in [0, 0.1) is 6.92 Å². The number of furan rings is 1. The van der Waals surface area contributed by atoms with Gasteiger partial charge in [-0.25, -0.2) is 17.5 Å². The van der Waals surface area contributed by atoms with Gasteiger partial charge in [0.2, 0.25) is 15.8 Å². The summed E-state index contributed by atoms with van der Waals surface area (Å²) >= 11 is 0. The molecule has 0 fully saturated rings. The Labute approximate surface area is 145 Å². The number of sulfonamides is 1. The minimum Gasteiger partial charge on any atom is -0.457 e. The number of ether oxygens (including phenoxy) is 1. The van der Waals surface area contributed by atoms with Crippen LogP contribution in [0.3, 0.4) is 0 Å². The van der Waals surface area contributed by atoms with E-state index in [-0.39, 0.29) is 10.7 Å². The lowest BCUT2D eigenvalue weighted by molar-refractivity contribution is -0.119. The zero-order valence-electron chi connectivity index (χ0n) is 14.0. The van der Waals surface area contributed by atoms with E-state index in [2.05, 4.69) is 5.32 Å². The summed E-state index contributed by atoms with van der Waals surface area (Å²) in [6, 6.07) is 7.27. The number of anilines is 1. The van der Waals surface area contributed by atoms with Crippen molar-refractivity contribution in [1.82, 2.24) is 4.31 Å². The second kappa shape index (κ2) is 7.49. The topological polar surface area (TPSA) is 106 Å². The molecule has 0 radical (unpaired) electrons. The number of hydrogen-bond donors (Lipinski definition) is 1. The Morgan fingerprint density at radius 2 is 1.80 bits per heavy atom. The fourth-order valence-corrected chi connectivity index (χ4v) is 2.80. The maximum Gasteiger partial charge on any atom is 0.375 e. The Bertz CT molecular complexity index is 868. The van der Waals surface area contributed by atoms with Crippen molar-refractivity contribution >= 4 is 27.6 Å². The van der Waals surface area contributed by atoms with Gasteiger partial charge in [0.1, 0.15) is 0 Å². The maximum absolute atomic E-state index is 12.0. The van der Waals surface area contributed by atoms with E-state index in [4.69, 9.17) is 9.15 Å². The summed E-state index contributed by atoms with van der Waals surface area (Å²) in [4.78, 5) is 23.7. The average Bonchev–Trinajstić information content (AvgIpc) is 2.99. The highest BCUT2D eigenvalue weighted by atomic mass is 32.2. The van der Waals surface area contributed by atoms with Crippen molar-refractivity contribution in [3.8, 4) is 0 Å². The van der Waals surface area contributed by atoms with Crippen LogP contribution in [-0.4, -0.2) is 45.3 Å². The SMILES string of the molecule is Cc1ccoc1C(=O)OCC(=O)Nc1ccc(S(=O)(=O)N(C)C)cc1. The van der Waals surface area contributed by atoms with Crippen molar-refractivity contribution in [3.63, 3.8) is 0 Å². The molecule has 1 aromatic carbocycles. The van der Waals surface area contributed by atoms with Gasteiger partial charge in [-0.1, -0.05) is 0 Å². The molecule has 1 amide bonds. The normalized spacial score (nSPS) is 11.4. The maximum atomic E-state index is 12.0. The molecule has 1 heterocycles.